The van der Waals surface area contributed by atoms with Gasteiger partial charge < -0.3 is 9.80 Å². The van der Waals surface area contributed by atoms with Crippen molar-refractivity contribution in [3.05, 3.63) is 28.2 Å². The number of benzene rings is 1. The minimum Gasteiger partial charge on any atom is -0.367 e. The minimum absolute atomic E-state index is 0.280. The Morgan fingerprint density at radius 1 is 1.18 bits per heavy atom. The number of carbonyl (C=O) groups excluding carboxylic acids is 1. The number of carbonyl (C=O) groups is 1. The van der Waals surface area contributed by atoms with Crippen molar-refractivity contribution in [2.75, 3.05) is 31.1 Å². The molecule has 0 N–H and O–H groups in total. The van der Waals surface area contributed by atoms with E-state index in [0.29, 0.717) is 22.4 Å². The molecule has 0 bridgehead atoms. The average molecular weight is 343 g/mol. The molecule has 0 aliphatic carbocycles. The number of rotatable bonds is 5. The summed E-state index contributed by atoms with van der Waals surface area (Å²) in [6.07, 6.45) is 2.77. The molecule has 0 atom stereocenters. The van der Waals surface area contributed by atoms with Gasteiger partial charge in [0.2, 0.25) is 5.91 Å². The second-order valence-corrected chi connectivity index (χ2v) is 7.09. The van der Waals surface area contributed by atoms with Crippen molar-refractivity contribution in [3.63, 3.8) is 0 Å². The molecule has 1 aliphatic rings. The Morgan fingerprint density at radius 3 is 2.45 bits per heavy atom. The average Bonchev–Trinajstić information content (AvgIpc) is 2.47. The molecule has 0 saturated carbocycles. The Bertz CT molecular complexity index is 511. The van der Waals surface area contributed by atoms with Crippen LogP contribution in [-0.2, 0) is 4.79 Å². The van der Waals surface area contributed by atoms with Gasteiger partial charge in [-0.1, -0.05) is 43.5 Å². The van der Waals surface area contributed by atoms with E-state index in [-0.39, 0.29) is 5.91 Å². The molecule has 1 aliphatic heterocycles. The third kappa shape index (κ3) is 4.79. The van der Waals surface area contributed by atoms with Crippen molar-refractivity contribution in [3.8, 4) is 0 Å². The van der Waals surface area contributed by atoms with Crippen molar-refractivity contribution in [1.29, 1.82) is 0 Å². The molecular weight excluding hydrogens is 319 g/mol. The van der Waals surface area contributed by atoms with Crippen LogP contribution in [-0.4, -0.2) is 37.0 Å². The van der Waals surface area contributed by atoms with Crippen molar-refractivity contribution in [2.24, 2.45) is 5.92 Å². The summed E-state index contributed by atoms with van der Waals surface area (Å²) in [5.41, 5.74) is 0.998. The summed E-state index contributed by atoms with van der Waals surface area (Å²) in [6.45, 7) is 7.55. The molecule has 1 saturated heterocycles. The number of halogens is 2. The van der Waals surface area contributed by atoms with Crippen LogP contribution in [0.1, 0.15) is 33.1 Å². The molecule has 5 heteroatoms. The number of amides is 1. The van der Waals surface area contributed by atoms with Crippen LogP contribution in [0, 0.1) is 5.92 Å². The molecule has 1 aromatic rings. The largest absolute Gasteiger partial charge is 0.367 e. The predicted molar refractivity (Wildman–Crippen MR) is 93.9 cm³/mol. The van der Waals surface area contributed by atoms with Gasteiger partial charge in [-0.25, -0.2) is 0 Å². The fourth-order valence-electron chi connectivity index (χ4n) is 2.75. The molecule has 1 aromatic carbocycles. The molecule has 22 heavy (non-hydrogen) atoms. The molecule has 0 spiro atoms. The van der Waals surface area contributed by atoms with Gasteiger partial charge >= 0.3 is 0 Å². The summed E-state index contributed by atoms with van der Waals surface area (Å²) < 4.78 is 0. The van der Waals surface area contributed by atoms with Crippen LogP contribution in [0.2, 0.25) is 10.0 Å². The lowest BCUT2D eigenvalue weighted by Crippen LogP contribution is -2.48. The highest BCUT2D eigenvalue weighted by atomic mass is 35.5. The first kappa shape index (κ1) is 17.4. The summed E-state index contributed by atoms with van der Waals surface area (Å²) in [6, 6.07) is 5.57. The molecule has 0 radical (unpaired) electrons. The number of anilines is 1. The third-order valence-corrected chi connectivity index (χ3v) is 4.59. The van der Waals surface area contributed by atoms with E-state index >= 15 is 0 Å². The molecule has 0 aromatic heterocycles. The summed E-state index contributed by atoms with van der Waals surface area (Å²) in [7, 11) is 0. The number of nitrogens with zero attached hydrogens (tertiary/aromatic N) is 2. The van der Waals surface area contributed by atoms with Crippen LogP contribution in [0.5, 0.6) is 0 Å². The van der Waals surface area contributed by atoms with Crippen LogP contribution in [0.3, 0.4) is 0 Å². The maximum Gasteiger partial charge on any atom is 0.222 e. The second-order valence-electron chi connectivity index (χ2n) is 6.25. The van der Waals surface area contributed by atoms with Crippen LogP contribution >= 0.6 is 23.2 Å². The number of hydrogen-bond acceptors (Lipinski definition) is 2. The van der Waals surface area contributed by atoms with Gasteiger partial charge in [0.05, 0.1) is 10.7 Å². The maximum absolute atomic E-state index is 12.2. The van der Waals surface area contributed by atoms with Gasteiger partial charge in [-0.15, -0.1) is 0 Å². The van der Waals surface area contributed by atoms with Gasteiger partial charge in [0.25, 0.3) is 0 Å². The standard InChI is InChI=1S/C17H24Cl2N2O/c1-13(2)4-3-5-17(22)21-10-8-20(9-11-21)16-7-6-14(18)12-15(16)19/h6-7,12-13H,3-5,8-11H2,1-2H3. The zero-order chi connectivity index (χ0) is 16.1. The van der Waals surface area contributed by atoms with Crippen molar-refractivity contribution >= 4 is 34.8 Å². The lowest BCUT2D eigenvalue weighted by molar-refractivity contribution is -0.131. The highest BCUT2D eigenvalue weighted by molar-refractivity contribution is 6.36. The predicted octanol–water partition coefficient (Wildman–Crippen LogP) is 4.47. The van der Waals surface area contributed by atoms with Gasteiger partial charge in [0.1, 0.15) is 0 Å². The topological polar surface area (TPSA) is 23.6 Å². The fraction of sp³-hybridized carbons (Fsp3) is 0.588. The molecule has 1 fully saturated rings. The van der Waals surface area contributed by atoms with Crippen molar-refractivity contribution in [1.82, 2.24) is 4.90 Å². The number of hydrogen-bond donors (Lipinski definition) is 0. The molecule has 2 rings (SSSR count). The van der Waals surface area contributed by atoms with Crippen molar-refractivity contribution in [2.45, 2.75) is 33.1 Å². The van der Waals surface area contributed by atoms with E-state index in [0.717, 1.165) is 44.7 Å². The van der Waals surface area contributed by atoms with E-state index < -0.39 is 0 Å². The normalized spacial score (nSPS) is 15.5. The Labute approximate surface area is 143 Å². The smallest absolute Gasteiger partial charge is 0.222 e. The molecule has 3 nitrogen and oxygen atoms in total. The van der Waals surface area contributed by atoms with Gasteiger partial charge in [-0.2, -0.15) is 0 Å². The lowest BCUT2D eigenvalue weighted by atomic mass is 10.1. The molecule has 0 unspecified atom stereocenters. The molecular formula is C17H24Cl2N2O. The third-order valence-electron chi connectivity index (χ3n) is 4.05. The van der Waals surface area contributed by atoms with E-state index in [2.05, 4.69) is 18.7 Å². The summed E-state index contributed by atoms with van der Waals surface area (Å²) in [4.78, 5) is 16.4. The zero-order valence-electron chi connectivity index (χ0n) is 13.3. The Kier molecular flexibility index (Phi) is 6.39. The van der Waals surface area contributed by atoms with E-state index in [1.54, 1.807) is 6.07 Å². The second kappa shape index (κ2) is 8.07. The SMILES string of the molecule is CC(C)CCCC(=O)N1CCN(c2ccc(Cl)cc2Cl)CC1. The minimum atomic E-state index is 0.280. The summed E-state index contributed by atoms with van der Waals surface area (Å²) in [5.74, 6) is 0.944. The fourth-order valence-corrected chi connectivity index (χ4v) is 3.28. The maximum atomic E-state index is 12.2. The van der Waals surface area contributed by atoms with Crippen LogP contribution in [0.25, 0.3) is 0 Å². The van der Waals surface area contributed by atoms with Gasteiger partial charge in [0.15, 0.2) is 0 Å². The highest BCUT2D eigenvalue weighted by Crippen LogP contribution is 2.29. The van der Waals surface area contributed by atoms with Crippen LogP contribution in [0.4, 0.5) is 5.69 Å². The molecule has 1 heterocycles. The van der Waals surface area contributed by atoms with Crippen molar-refractivity contribution < 1.29 is 4.79 Å². The first-order valence-corrected chi connectivity index (χ1v) is 8.70. The van der Waals surface area contributed by atoms with Crippen LogP contribution in [0.15, 0.2) is 18.2 Å². The summed E-state index contributed by atoms with van der Waals surface area (Å²) >= 11 is 12.2. The van der Waals surface area contributed by atoms with Gasteiger partial charge in [0, 0.05) is 37.6 Å². The number of piperazine rings is 1. The quantitative estimate of drug-likeness (QED) is 0.788. The Hall–Kier alpha value is -0.930. The zero-order valence-corrected chi connectivity index (χ0v) is 14.8. The lowest BCUT2D eigenvalue weighted by Gasteiger charge is -2.36. The monoisotopic (exact) mass is 342 g/mol. The molecule has 122 valence electrons. The Balaban J connectivity index is 1.83. The molecule has 1 amide bonds. The van der Waals surface area contributed by atoms with E-state index in [9.17, 15) is 4.79 Å². The van der Waals surface area contributed by atoms with E-state index in [1.807, 2.05) is 17.0 Å². The Morgan fingerprint density at radius 2 is 1.86 bits per heavy atom. The summed E-state index contributed by atoms with van der Waals surface area (Å²) in [5, 5.41) is 1.32. The first-order chi connectivity index (χ1) is 10.5. The van der Waals surface area contributed by atoms with Gasteiger partial charge in [-0.3, -0.25) is 4.79 Å². The highest BCUT2D eigenvalue weighted by Gasteiger charge is 2.22. The van der Waals surface area contributed by atoms with E-state index in [1.165, 1.54) is 0 Å². The first-order valence-electron chi connectivity index (χ1n) is 7.95. The van der Waals surface area contributed by atoms with E-state index in [4.69, 9.17) is 23.2 Å². The van der Waals surface area contributed by atoms with Crippen LogP contribution < -0.4 is 4.90 Å². The van der Waals surface area contributed by atoms with Gasteiger partial charge in [-0.05, 0) is 30.5 Å².